The zero-order valence-electron chi connectivity index (χ0n) is 14.9. The molecule has 0 spiro atoms. The zero-order chi connectivity index (χ0) is 20.2. The maximum atomic E-state index is 13.0. The Morgan fingerprint density at radius 2 is 1.96 bits per heavy atom. The van der Waals surface area contributed by atoms with Gasteiger partial charge in [0.15, 0.2) is 0 Å². The van der Waals surface area contributed by atoms with Gasteiger partial charge in [-0.05, 0) is 18.9 Å². The summed E-state index contributed by atoms with van der Waals surface area (Å²) in [5.74, 6) is -2.65. The highest BCUT2D eigenvalue weighted by Crippen LogP contribution is 2.51. The highest BCUT2D eigenvalue weighted by Gasteiger charge is 2.58. The number of fused-ring (bicyclic) bond motifs is 3. The van der Waals surface area contributed by atoms with Crippen LogP contribution in [0.15, 0.2) is 23.0 Å². The maximum absolute atomic E-state index is 13.0. The number of aliphatic hydroxyl groups is 1. The molecule has 0 unspecified atom stereocenters. The molecule has 0 radical (unpaired) electrons. The molecule has 1 saturated carbocycles. The van der Waals surface area contributed by atoms with Crippen molar-refractivity contribution in [3.8, 4) is 0 Å². The number of halogens is 3. The molecule has 0 aromatic carbocycles. The Labute approximate surface area is 158 Å². The molecule has 152 valence electrons. The number of aromatic nitrogens is 1. The van der Waals surface area contributed by atoms with Crippen LogP contribution in [0.4, 0.5) is 13.2 Å². The molecule has 1 aromatic heterocycles. The number of carbonyl (C=O) groups is 2. The quantitative estimate of drug-likeness (QED) is 0.768. The van der Waals surface area contributed by atoms with Crippen molar-refractivity contribution in [2.24, 2.45) is 17.8 Å². The van der Waals surface area contributed by atoms with Gasteiger partial charge in [0, 0.05) is 42.7 Å². The molecule has 1 aliphatic carbocycles. The lowest BCUT2D eigenvalue weighted by atomic mass is 9.88. The number of nitrogens with one attached hydrogen (secondary N) is 1. The van der Waals surface area contributed by atoms with Crippen LogP contribution in [0.2, 0.25) is 0 Å². The van der Waals surface area contributed by atoms with E-state index < -0.39 is 49.2 Å². The first-order chi connectivity index (χ1) is 13.2. The summed E-state index contributed by atoms with van der Waals surface area (Å²) in [5, 5.41) is 11.8. The van der Waals surface area contributed by atoms with Crippen LogP contribution < -0.4 is 10.9 Å². The number of pyridine rings is 1. The summed E-state index contributed by atoms with van der Waals surface area (Å²) in [6, 6.07) is 2.82. The van der Waals surface area contributed by atoms with E-state index in [4.69, 9.17) is 0 Å². The Hall–Kier alpha value is -2.36. The van der Waals surface area contributed by atoms with Crippen molar-refractivity contribution in [2.75, 3.05) is 13.2 Å². The van der Waals surface area contributed by atoms with E-state index in [-0.39, 0.29) is 23.9 Å². The van der Waals surface area contributed by atoms with Gasteiger partial charge in [0.1, 0.15) is 12.6 Å². The monoisotopic (exact) mass is 399 g/mol. The van der Waals surface area contributed by atoms with E-state index in [1.54, 1.807) is 12.1 Å². The van der Waals surface area contributed by atoms with Gasteiger partial charge >= 0.3 is 6.18 Å². The Balaban J connectivity index is 1.72. The molecule has 3 heterocycles. The Morgan fingerprint density at radius 3 is 2.57 bits per heavy atom. The third-order valence-corrected chi connectivity index (χ3v) is 5.86. The summed E-state index contributed by atoms with van der Waals surface area (Å²) in [5.41, 5.74) is 0.302. The molecule has 28 heavy (non-hydrogen) atoms. The van der Waals surface area contributed by atoms with Crippen molar-refractivity contribution in [3.63, 3.8) is 0 Å². The van der Waals surface area contributed by atoms with Gasteiger partial charge in [-0.3, -0.25) is 14.4 Å². The summed E-state index contributed by atoms with van der Waals surface area (Å²) < 4.78 is 39.2. The van der Waals surface area contributed by atoms with Crippen molar-refractivity contribution in [1.82, 2.24) is 14.8 Å². The van der Waals surface area contributed by atoms with E-state index in [2.05, 4.69) is 0 Å². The second kappa shape index (κ2) is 6.61. The van der Waals surface area contributed by atoms with Crippen LogP contribution in [-0.4, -0.2) is 51.8 Å². The molecule has 0 bridgehead atoms. The molecular weight excluding hydrogens is 379 g/mol. The van der Waals surface area contributed by atoms with E-state index >= 15 is 0 Å². The first kappa shape index (κ1) is 19.0. The normalized spacial score (nSPS) is 28.8. The summed E-state index contributed by atoms with van der Waals surface area (Å²) in [7, 11) is 0. The molecule has 7 nitrogen and oxygen atoms in total. The molecular formula is C18H20F3N3O4. The van der Waals surface area contributed by atoms with Gasteiger partial charge in [0.2, 0.25) is 11.8 Å². The van der Waals surface area contributed by atoms with E-state index in [0.29, 0.717) is 18.5 Å². The number of amides is 2. The molecule has 1 aromatic rings. The predicted molar refractivity (Wildman–Crippen MR) is 89.9 cm³/mol. The first-order valence-electron chi connectivity index (χ1n) is 9.20. The lowest BCUT2D eigenvalue weighted by Gasteiger charge is -2.31. The Kier molecular flexibility index (Phi) is 4.48. The standard InChI is InChI=1S/C18H20F3N3O4/c19-18(20,21)8-22-16(27)15-11(7-25)10-6-23-12(2-1-3-13(23)26)14(10)24(15)17(28)9-4-5-9/h1-3,9-11,14-15,25H,4-8H2,(H,22,27)/t10-,11-,14+,15-/m0/s1. The summed E-state index contributed by atoms with van der Waals surface area (Å²) in [6.45, 7) is -1.76. The van der Waals surface area contributed by atoms with E-state index in [9.17, 15) is 32.7 Å². The summed E-state index contributed by atoms with van der Waals surface area (Å²) >= 11 is 0. The van der Waals surface area contributed by atoms with Gasteiger partial charge in [-0.15, -0.1) is 0 Å². The third-order valence-electron chi connectivity index (χ3n) is 5.86. The van der Waals surface area contributed by atoms with Crippen molar-refractivity contribution < 1.29 is 27.9 Å². The van der Waals surface area contributed by atoms with Crippen LogP contribution >= 0.6 is 0 Å². The number of alkyl halides is 3. The largest absolute Gasteiger partial charge is 0.405 e. The van der Waals surface area contributed by atoms with Gasteiger partial charge < -0.3 is 19.9 Å². The summed E-state index contributed by atoms with van der Waals surface area (Å²) in [4.78, 5) is 39.1. The molecule has 2 amide bonds. The number of likely N-dealkylation sites (tertiary alicyclic amines) is 1. The zero-order valence-corrected chi connectivity index (χ0v) is 14.9. The fourth-order valence-corrected chi connectivity index (χ4v) is 4.51. The minimum Gasteiger partial charge on any atom is -0.396 e. The molecule has 2 aliphatic heterocycles. The van der Waals surface area contributed by atoms with Crippen molar-refractivity contribution in [1.29, 1.82) is 0 Å². The molecule has 4 atom stereocenters. The number of aliphatic hydroxyl groups excluding tert-OH is 1. The SMILES string of the molecule is O=C(NCC(F)(F)F)[C@@H]1[C@@H](CO)[C@@H]2Cn3c(cccc3=O)[C@@H]2N1C(=O)C1CC1. The van der Waals surface area contributed by atoms with E-state index in [0.717, 1.165) is 0 Å². The van der Waals surface area contributed by atoms with E-state index in [1.165, 1.54) is 15.5 Å². The lowest BCUT2D eigenvalue weighted by molar-refractivity contribution is -0.147. The highest BCUT2D eigenvalue weighted by molar-refractivity contribution is 5.91. The average Bonchev–Trinajstić information content (AvgIpc) is 3.33. The molecule has 2 fully saturated rings. The Morgan fingerprint density at radius 1 is 1.25 bits per heavy atom. The van der Waals surface area contributed by atoms with Crippen LogP contribution in [0, 0.1) is 17.8 Å². The molecule has 1 saturated heterocycles. The van der Waals surface area contributed by atoms with Gasteiger partial charge in [0.05, 0.1) is 6.04 Å². The van der Waals surface area contributed by atoms with Crippen LogP contribution in [0.3, 0.4) is 0 Å². The smallest absolute Gasteiger partial charge is 0.396 e. The molecule has 4 rings (SSSR count). The third kappa shape index (κ3) is 3.09. The average molecular weight is 399 g/mol. The number of rotatable bonds is 4. The molecule has 2 N–H and O–H groups in total. The van der Waals surface area contributed by atoms with Crippen LogP contribution in [-0.2, 0) is 16.1 Å². The van der Waals surface area contributed by atoms with Crippen molar-refractivity contribution in [2.45, 2.75) is 37.6 Å². The molecule has 3 aliphatic rings. The minimum atomic E-state index is -4.58. The maximum Gasteiger partial charge on any atom is 0.405 e. The van der Waals surface area contributed by atoms with Gasteiger partial charge in [-0.25, -0.2) is 0 Å². The van der Waals surface area contributed by atoms with Gasteiger partial charge in [-0.1, -0.05) is 6.07 Å². The van der Waals surface area contributed by atoms with Gasteiger partial charge in [0.25, 0.3) is 5.56 Å². The second-order valence-electron chi connectivity index (χ2n) is 7.65. The number of hydrogen-bond acceptors (Lipinski definition) is 4. The molecule has 10 heteroatoms. The van der Waals surface area contributed by atoms with Crippen LogP contribution in [0.25, 0.3) is 0 Å². The van der Waals surface area contributed by atoms with Crippen LogP contribution in [0.5, 0.6) is 0 Å². The van der Waals surface area contributed by atoms with Gasteiger partial charge in [-0.2, -0.15) is 13.2 Å². The highest BCUT2D eigenvalue weighted by atomic mass is 19.4. The van der Waals surface area contributed by atoms with Crippen molar-refractivity contribution in [3.05, 3.63) is 34.2 Å². The number of carbonyl (C=O) groups excluding carboxylic acids is 2. The predicted octanol–water partition coefficient (Wildman–Crippen LogP) is 0.427. The lowest BCUT2D eigenvalue weighted by Crippen LogP contribution is -2.52. The number of nitrogens with zero attached hydrogens (tertiary/aromatic N) is 2. The number of hydrogen-bond donors (Lipinski definition) is 2. The summed E-state index contributed by atoms with van der Waals surface area (Å²) in [6.07, 6.45) is -3.26. The fraction of sp³-hybridized carbons (Fsp3) is 0.611. The Bertz CT molecular complexity index is 864. The van der Waals surface area contributed by atoms with Crippen molar-refractivity contribution >= 4 is 11.8 Å². The topological polar surface area (TPSA) is 91.6 Å². The first-order valence-corrected chi connectivity index (χ1v) is 9.20. The fourth-order valence-electron chi connectivity index (χ4n) is 4.51. The minimum absolute atomic E-state index is 0.211. The van der Waals surface area contributed by atoms with E-state index in [1.807, 2.05) is 5.32 Å². The second-order valence-corrected chi connectivity index (χ2v) is 7.65. The van der Waals surface area contributed by atoms with Crippen LogP contribution in [0.1, 0.15) is 24.6 Å².